The summed E-state index contributed by atoms with van der Waals surface area (Å²) in [4.78, 5) is 4.37. The van der Waals surface area contributed by atoms with Gasteiger partial charge in [0, 0.05) is 11.8 Å². The molecule has 0 amide bonds. The Balaban J connectivity index is 2.20. The SMILES string of the molecule is COc1ccc(O)c(C=Nc2ccc(C(C)C)cc2)c1. The second-order valence-electron chi connectivity index (χ2n) is 4.93. The van der Waals surface area contributed by atoms with E-state index in [1.165, 1.54) is 5.56 Å². The summed E-state index contributed by atoms with van der Waals surface area (Å²) in [7, 11) is 1.60. The number of ether oxygens (including phenoxy) is 1. The van der Waals surface area contributed by atoms with Crippen LogP contribution in [-0.2, 0) is 0 Å². The zero-order chi connectivity index (χ0) is 14.5. The van der Waals surface area contributed by atoms with E-state index in [4.69, 9.17) is 4.74 Å². The monoisotopic (exact) mass is 269 g/mol. The minimum atomic E-state index is 0.188. The van der Waals surface area contributed by atoms with Gasteiger partial charge < -0.3 is 9.84 Å². The predicted octanol–water partition coefficient (Wildman–Crippen LogP) is 4.27. The fourth-order valence-corrected chi connectivity index (χ4v) is 1.85. The number of aliphatic imine (C=N–C) groups is 1. The van der Waals surface area contributed by atoms with Gasteiger partial charge in [0.05, 0.1) is 12.8 Å². The van der Waals surface area contributed by atoms with Crippen molar-refractivity contribution in [3.63, 3.8) is 0 Å². The van der Waals surface area contributed by atoms with E-state index in [0.717, 1.165) is 5.69 Å². The van der Waals surface area contributed by atoms with Gasteiger partial charge >= 0.3 is 0 Å². The van der Waals surface area contributed by atoms with Gasteiger partial charge in [-0.25, -0.2) is 0 Å². The number of benzene rings is 2. The molecule has 0 spiro atoms. The number of phenols is 1. The van der Waals surface area contributed by atoms with Crippen LogP contribution in [0.15, 0.2) is 47.5 Å². The second kappa shape index (κ2) is 6.24. The fourth-order valence-electron chi connectivity index (χ4n) is 1.85. The van der Waals surface area contributed by atoms with Gasteiger partial charge in [0.2, 0.25) is 0 Å². The van der Waals surface area contributed by atoms with Crippen LogP contribution in [0, 0.1) is 0 Å². The highest BCUT2D eigenvalue weighted by molar-refractivity contribution is 5.85. The molecule has 0 saturated carbocycles. The minimum absolute atomic E-state index is 0.188. The molecule has 0 aliphatic carbocycles. The third-order valence-corrected chi connectivity index (χ3v) is 3.15. The van der Waals surface area contributed by atoms with Crippen LogP contribution in [-0.4, -0.2) is 18.4 Å². The summed E-state index contributed by atoms with van der Waals surface area (Å²) in [5, 5.41) is 9.78. The maximum absolute atomic E-state index is 9.78. The zero-order valence-corrected chi connectivity index (χ0v) is 12.0. The van der Waals surface area contributed by atoms with Gasteiger partial charge in [-0.1, -0.05) is 26.0 Å². The second-order valence-corrected chi connectivity index (χ2v) is 4.93. The number of methoxy groups -OCH3 is 1. The van der Waals surface area contributed by atoms with Crippen molar-refractivity contribution in [3.05, 3.63) is 53.6 Å². The summed E-state index contributed by atoms with van der Waals surface area (Å²) >= 11 is 0. The third-order valence-electron chi connectivity index (χ3n) is 3.15. The molecule has 0 heterocycles. The molecule has 0 saturated heterocycles. The molecule has 2 rings (SSSR count). The molecule has 2 aromatic carbocycles. The summed E-state index contributed by atoms with van der Waals surface area (Å²) in [5.41, 5.74) is 2.78. The Morgan fingerprint density at radius 1 is 1.10 bits per heavy atom. The standard InChI is InChI=1S/C17H19NO2/c1-12(2)13-4-6-15(7-5-13)18-11-14-10-16(20-3)8-9-17(14)19/h4-12,19H,1-3H3. The molecule has 0 aliphatic rings. The Hall–Kier alpha value is -2.29. The Kier molecular flexibility index (Phi) is 4.41. The van der Waals surface area contributed by atoms with Crippen molar-refractivity contribution in [2.75, 3.05) is 7.11 Å². The quantitative estimate of drug-likeness (QED) is 0.842. The Morgan fingerprint density at radius 2 is 1.80 bits per heavy atom. The lowest BCUT2D eigenvalue weighted by Gasteiger charge is -2.05. The van der Waals surface area contributed by atoms with Crippen LogP contribution in [0.3, 0.4) is 0 Å². The van der Waals surface area contributed by atoms with Crippen molar-refractivity contribution in [1.29, 1.82) is 0 Å². The van der Waals surface area contributed by atoms with E-state index in [2.05, 4.69) is 31.0 Å². The van der Waals surface area contributed by atoms with Crippen LogP contribution in [0.5, 0.6) is 11.5 Å². The number of phenolic OH excluding ortho intramolecular Hbond substituents is 1. The summed E-state index contributed by atoms with van der Waals surface area (Å²) in [6.45, 7) is 4.32. The van der Waals surface area contributed by atoms with Crippen LogP contribution in [0.1, 0.15) is 30.9 Å². The van der Waals surface area contributed by atoms with Crippen LogP contribution < -0.4 is 4.74 Å². The summed E-state index contributed by atoms with van der Waals surface area (Å²) < 4.78 is 5.13. The van der Waals surface area contributed by atoms with E-state index in [1.54, 1.807) is 31.5 Å². The summed E-state index contributed by atoms with van der Waals surface area (Å²) in [5.74, 6) is 1.39. The molecule has 0 bridgehead atoms. The lowest BCUT2D eigenvalue weighted by atomic mass is 10.0. The van der Waals surface area contributed by atoms with Crippen LogP contribution in [0.25, 0.3) is 0 Å². The van der Waals surface area contributed by atoms with Gasteiger partial charge in [0.25, 0.3) is 0 Å². The number of aromatic hydroxyl groups is 1. The van der Waals surface area contributed by atoms with Crippen molar-refractivity contribution in [3.8, 4) is 11.5 Å². The van der Waals surface area contributed by atoms with Gasteiger partial charge in [-0.15, -0.1) is 0 Å². The Bertz CT molecular complexity index is 601. The van der Waals surface area contributed by atoms with Gasteiger partial charge in [0.15, 0.2) is 0 Å². The highest BCUT2D eigenvalue weighted by atomic mass is 16.5. The Labute approximate surface area is 119 Å². The maximum Gasteiger partial charge on any atom is 0.124 e. The normalized spacial score (nSPS) is 11.2. The molecule has 0 unspecified atom stereocenters. The predicted molar refractivity (Wildman–Crippen MR) is 82.4 cm³/mol. The molecule has 1 N–H and O–H groups in total. The van der Waals surface area contributed by atoms with E-state index < -0.39 is 0 Å². The molecular weight excluding hydrogens is 250 g/mol. The van der Waals surface area contributed by atoms with Crippen molar-refractivity contribution in [2.24, 2.45) is 4.99 Å². The molecule has 0 fully saturated rings. The van der Waals surface area contributed by atoms with Crippen LogP contribution >= 0.6 is 0 Å². The first-order valence-corrected chi connectivity index (χ1v) is 6.61. The van der Waals surface area contributed by atoms with Crippen molar-refractivity contribution in [1.82, 2.24) is 0 Å². The van der Waals surface area contributed by atoms with Gasteiger partial charge in [-0.3, -0.25) is 4.99 Å². The van der Waals surface area contributed by atoms with Crippen molar-refractivity contribution >= 4 is 11.9 Å². The van der Waals surface area contributed by atoms with Crippen LogP contribution in [0.2, 0.25) is 0 Å². The molecule has 20 heavy (non-hydrogen) atoms. The van der Waals surface area contributed by atoms with Crippen molar-refractivity contribution in [2.45, 2.75) is 19.8 Å². The zero-order valence-electron chi connectivity index (χ0n) is 12.0. The lowest BCUT2D eigenvalue weighted by molar-refractivity contribution is 0.412. The molecule has 0 atom stereocenters. The molecule has 0 aliphatic heterocycles. The number of rotatable bonds is 4. The molecule has 0 radical (unpaired) electrons. The average molecular weight is 269 g/mol. The average Bonchev–Trinajstić information content (AvgIpc) is 2.47. The Morgan fingerprint density at radius 3 is 2.40 bits per heavy atom. The topological polar surface area (TPSA) is 41.8 Å². The first-order valence-electron chi connectivity index (χ1n) is 6.61. The third kappa shape index (κ3) is 3.38. The van der Waals surface area contributed by atoms with Gasteiger partial charge in [-0.2, -0.15) is 0 Å². The van der Waals surface area contributed by atoms with Gasteiger partial charge in [-0.05, 0) is 41.8 Å². The van der Waals surface area contributed by atoms with E-state index in [1.807, 2.05) is 12.1 Å². The van der Waals surface area contributed by atoms with Gasteiger partial charge in [0.1, 0.15) is 11.5 Å². The molecule has 3 nitrogen and oxygen atoms in total. The fraction of sp³-hybridized carbons (Fsp3) is 0.235. The van der Waals surface area contributed by atoms with E-state index >= 15 is 0 Å². The minimum Gasteiger partial charge on any atom is -0.507 e. The number of hydrogen-bond acceptors (Lipinski definition) is 3. The largest absolute Gasteiger partial charge is 0.507 e. The highest BCUT2D eigenvalue weighted by Gasteiger charge is 2.01. The number of hydrogen-bond donors (Lipinski definition) is 1. The molecular formula is C17H19NO2. The molecule has 3 heteroatoms. The highest BCUT2D eigenvalue weighted by Crippen LogP contribution is 2.23. The first-order chi connectivity index (χ1) is 9.60. The van der Waals surface area contributed by atoms with E-state index in [9.17, 15) is 5.11 Å². The van der Waals surface area contributed by atoms with E-state index in [0.29, 0.717) is 17.2 Å². The van der Waals surface area contributed by atoms with Crippen LogP contribution in [0.4, 0.5) is 5.69 Å². The maximum atomic E-state index is 9.78. The molecule has 104 valence electrons. The van der Waals surface area contributed by atoms with Crippen molar-refractivity contribution < 1.29 is 9.84 Å². The molecule has 2 aromatic rings. The lowest BCUT2D eigenvalue weighted by Crippen LogP contribution is -1.87. The molecule has 0 aromatic heterocycles. The number of nitrogens with zero attached hydrogens (tertiary/aromatic N) is 1. The summed E-state index contributed by atoms with van der Waals surface area (Å²) in [6, 6.07) is 13.2. The summed E-state index contributed by atoms with van der Waals surface area (Å²) in [6.07, 6.45) is 1.64. The van der Waals surface area contributed by atoms with E-state index in [-0.39, 0.29) is 5.75 Å². The smallest absolute Gasteiger partial charge is 0.124 e. The first kappa shape index (κ1) is 14.1.